The number of hydrogen-bond donors (Lipinski definition) is 1. The van der Waals surface area contributed by atoms with Crippen molar-refractivity contribution in [1.82, 2.24) is 0 Å². The van der Waals surface area contributed by atoms with E-state index in [0.29, 0.717) is 19.4 Å². The van der Waals surface area contributed by atoms with Crippen molar-refractivity contribution in [3.63, 3.8) is 0 Å². The van der Waals surface area contributed by atoms with Crippen molar-refractivity contribution in [3.05, 3.63) is 0 Å². The van der Waals surface area contributed by atoms with Gasteiger partial charge in [-0.1, -0.05) is 27.7 Å². The highest BCUT2D eigenvalue weighted by atomic mass is 28.4. The number of carbonyl (C=O) groups is 1. The Balaban J connectivity index is 2.67. The largest absolute Gasteiger partial charge is 0.466 e. The normalized spacial score (nSPS) is 28.7. The molecule has 142 valence electrons. The molecule has 0 spiro atoms. The van der Waals surface area contributed by atoms with Crippen molar-refractivity contribution in [3.8, 4) is 0 Å². The summed E-state index contributed by atoms with van der Waals surface area (Å²) in [7, 11) is -1.91. The molecule has 5 nitrogen and oxygen atoms in total. The molecule has 0 amide bonds. The molecule has 0 radical (unpaired) electrons. The van der Waals surface area contributed by atoms with Crippen molar-refractivity contribution in [2.24, 2.45) is 5.92 Å². The Hall–Kier alpha value is -0.433. The first-order valence-electron chi connectivity index (χ1n) is 9.11. The van der Waals surface area contributed by atoms with Gasteiger partial charge < -0.3 is 19.0 Å². The zero-order valence-electron chi connectivity index (χ0n) is 16.4. The quantitative estimate of drug-likeness (QED) is 0.556. The summed E-state index contributed by atoms with van der Waals surface area (Å²) in [6.07, 6.45) is 1.40. The van der Waals surface area contributed by atoms with Gasteiger partial charge in [-0.2, -0.15) is 0 Å². The number of rotatable bonds is 7. The third-order valence-electron chi connectivity index (χ3n) is 5.37. The van der Waals surface area contributed by atoms with Gasteiger partial charge in [-0.25, -0.2) is 0 Å². The lowest BCUT2D eigenvalue weighted by molar-refractivity contribution is -0.158. The van der Waals surface area contributed by atoms with Gasteiger partial charge in [0.2, 0.25) is 0 Å². The van der Waals surface area contributed by atoms with Gasteiger partial charge in [-0.15, -0.1) is 0 Å². The third kappa shape index (κ3) is 5.83. The van der Waals surface area contributed by atoms with E-state index >= 15 is 0 Å². The Kier molecular flexibility index (Phi) is 7.91. The average Bonchev–Trinajstić information content (AvgIpc) is 2.45. The monoisotopic (exact) mass is 360 g/mol. The topological polar surface area (TPSA) is 65.0 Å². The van der Waals surface area contributed by atoms with E-state index in [-0.39, 0.29) is 41.8 Å². The number of esters is 1. The fraction of sp³-hybridized carbons (Fsp3) is 0.944. The Morgan fingerprint density at radius 3 is 2.42 bits per heavy atom. The minimum atomic E-state index is -1.91. The number of carbonyl (C=O) groups excluding carboxylic acids is 1. The lowest BCUT2D eigenvalue weighted by Crippen LogP contribution is -2.53. The Morgan fingerprint density at radius 2 is 1.92 bits per heavy atom. The van der Waals surface area contributed by atoms with E-state index in [1.807, 2.05) is 6.92 Å². The predicted octanol–water partition coefficient (Wildman–Crippen LogP) is 3.51. The van der Waals surface area contributed by atoms with E-state index in [1.165, 1.54) is 0 Å². The van der Waals surface area contributed by atoms with Crippen LogP contribution in [0.1, 0.15) is 53.9 Å². The lowest BCUT2D eigenvalue weighted by Gasteiger charge is -2.45. The summed E-state index contributed by atoms with van der Waals surface area (Å²) < 4.78 is 17.6. The maximum atomic E-state index is 11.6. The predicted molar refractivity (Wildman–Crippen MR) is 97.5 cm³/mol. The summed E-state index contributed by atoms with van der Waals surface area (Å²) in [4.78, 5) is 11.6. The van der Waals surface area contributed by atoms with E-state index in [0.717, 1.165) is 6.42 Å². The summed E-state index contributed by atoms with van der Waals surface area (Å²) in [6, 6.07) is 0. The Morgan fingerprint density at radius 1 is 1.29 bits per heavy atom. The first-order chi connectivity index (χ1) is 11.0. The van der Waals surface area contributed by atoms with Gasteiger partial charge in [0, 0.05) is 6.42 Å². The van der Waals surface area contributed by atoms with Crippen LogP contribution in [0.2, 0.25) is 18.1 Å². The molecule has 1 fully saturated rings. The second-order valence-electron chi connectivity index (χ2n) is 8.37. The molecule has 0 unspecified atom stereocenters. The summed E-state index contributed by atoms with van der Waals surface area (Å²) in [5.41, 5.74) is 0. The van der Waals surface area contributed by atoms with Gasteiger partial charge in [0.15, 0.2) is 8.32 Å². The summed E-state index contributed by atoms with van der Waals surface area (Å²) in [6.45, 7) is 15.4. The first-order valence-corrected chi connectivity index (χ1v) is 12.0. The number of aliphatic hydroxyl groups excluding tert-OH is 1. The molecule has 1 heterocycles. The maximum absolute atomic E-state index is 11.6. The zero-order chi connectivity index (χ0) is 18.5. The van der Waals surface area contributed by atoms with Crippen LogP contribution >= 0.6 is 0 Å². The molecule has 1 rings (SSSR count). The number of ether oxygens (including phenoxy) is 2. The van der Waals surface area contributed by atoms with Crippen molar-refractivity contribution >= 4 is 14.3 Å². The Bertz CT molecular complexity index is 405. The molecule has 0 saturated carbocycles. The van der Waals surface area contributed by atoms with Crippen molar-refractivity contribution < 1.29 is 23.8 Å². The molecule has 1 aliphatic heterocycles. The molecule has 24 heavy (non-hydrogen) atoms. The molecule has 1 N–H and O–H groups in total. The summed E-state index contributed by atoms with van der Waals surface area (Å²) >= 11 is 0. The van der Waals surface area contributed by atoms with Crippen molar-refractivity contribution in [1.29, 1.82) is 0 Å². The molecule has 6 heteroatoms. The van der Waals surface area contributed by atoms with Crippen LogP contribution in [0.5, 0.6) is 0 Å². The molecule has 0 aliphatic carbocycles. The van der Waals surface area contributed by atoms with Gasteiger partial charge in [-0.05, 0) is 43.8 Å². The fourth-order valence-electron chi connectivity index (χ4n) is 2.80. The van der Waals surface area contributed by atoms with E-state index in [4.69, 9.17) is 13.9 Å². The van der Waals surface area contributed by atoms with Crippen LogP contribution in [0, 0.1) is 5.92 Å². The fourth-order valence-corrected chi connectivity index (χ4v) is 4.16. The lowest BCUT2D eigenvalue weighted by atomic mass is 9.89. The maximum Gasteiger partial charge on any atom is 0.305 e. The first kappa shape index (κ1) is 21.6. The van der Waals surface area contributed by atoms with Crippen LogP contribution < -0.4 is 0 Å². The molecule has 1 aliphatic rings. The van der Waals surface area contributed by atoms with Crippen LogP contribution in [-0.4, -0.2) is 50.9 Å². The van der Waals surface area contributed by atoms with Gasteiger partial charge in [-0.3, -0.25) is 4.79 Å². The second kappa shape index (κ2) is 8.78. The average molecular weight is 361 g/mol. The molecule has 0 bridgehead atoms. The highest BCUT2D eigenvalue weighted by molar-refractivity contribution is 6.74. The highest BCUT2D eigenvalue weighted by Crippen LogP contribution is 2.40. The van der Waals surface area contributed by atoms with Gasteiger partial charge in [0.25, 0.3) is 0 Å². The smallest absolute Gasteiger partial charge is 0.305 e. The van der Waals surface area contributed by atoms with Gasteiger partial charge in [0.1, 0.15) is 6.10 Å². The van der Waals surface area contributed by atoms with Crippen LogP contribution in [0.4, 0.5) is 0 Å². The standard InChI is InChI=1S/C18H36O5Si/c1-8-21-17(20)10-9-14-13(2)11-15(16(12-19)22-14)23-24(6,7)18(3,4)5/h13-16,19H,8-12H2,1-7H3/t13-,14-,15-,16+/m0/s1. The molecule has 4 atom stereocenters. The van der Waals surface area contributed by atoms with Crippen molar-refractivity contribution in [2.45, 2.75) is 90.3 Å². The van der Waals surface area contributed by atoms with Gasteiger partial charge >= 0.3 is 5.97 Å². The van der Waals surface area contributed by atoms with Gasteiger partial charge in [0.05, 0.1) is 25.4 Å². The number of hydrogen-bond acceptors (Lipinski definition) is 5. The van der Waals surface area contributed by atoms with Crippen LogP contribution in [0.3, 0.4) is 0 Å². The van der Waals surface area contributed by atoms with Crippen LogP contribution in [-0.2, 0) is 18.7 Å². The Labute approximate surface area is 148 Å². The SMILES string of the molecule is CCOC(=O)CC[C@@H]1O[C@H](CO)[C@@H](O[Si](C)(C)C(C)(C)C)C[C@@H]1C. The minimum Gasteiger partial charge on any atom is -0.466 e. The third-order valence-corrected chi connectivity index (χ3v) is 9.88. The summed E-state index contributed by atoms with van der Waals surface area (Å²) in [5, 5.41) is 9.87. The second-order valence-corrected chi connectivity index (χ2v) is 13.1. The van der Waals surface area contributed by atoms with E-state index in [9.17, 15) is 9.90 Å². The highest BCUT2D eigenvalue weighted by Gasteiger charge is 2.44. The van der Waals surface area contributed by atoms with E-state index < -0.39 is 8.32 Å². The minimum absolute atomic E-state index is 0.0363. The number of aliphatic hydroxyl groups is 1. The van der Waals surface area contributed by atoms with Crippen LogP contribution in [0.15, 0.2) is 0 Å². The molecule has 0 aromatic carbocycles. The van der Waals surface area contributed by atoms with E-state index in [1.54, 1.807) is 0 Å². The van der Waals surface area contributed by atoms with Crippen molar-refractivity contribution in [2.75, 3.05) is 13.2 Å². The molecule has 1 saturated heterocycles. The molecular weight excluding hydrogens is 324 g/mol. The molecular formula is C18H36O5Si. The summed E-state index contributed by atoms with van der Waals surface area (Å²) in [5.74, 6) is 0.102. The molecule has 0 aromatic rings. The molecule has 0 aromatic heterocycles. The van der Waals surface area contributed by atoms with Crippen LogP contribution in [0.25, 0.3) is 0 Å². The zero-order valence-corrected chi connectivity index (χ0v) is 17.4. The van der Waals surface area contributed by atoms with E-state index in [2.05, 4.69) is 40.8 Å².